The van der Waals surface area contributed by atoms with Crippen LogP contribution in [0.3, 0.4) is 0 Å². The number of hydrogen-bond donors (Lipinski definition) is 0. The highest BCUT2D eigenvalue weighted by Gasteiger charge is 2.22. The standard InChI is InChI=1S/C39H31N3S/c1-4-14-26(15-5-1)30-20-10-11-21-31(30)29-24-33(36-32-22-12-13-23-34(32)43-35(36)25-29)39-41-37(27-16-6-2-7-17-27)40-38(42-39)28-18-8-3-9-19-28/h1,4-6,8,10-18,20-25,28H,2-3,7,9,19H2. The van der Waals surface area contributed by atoms with E-state index in [4.69, 9.17) is 15.0 Å². The first-order valence-electron chi connectivity index (χ1n) is 15.2. The number of thiophene rings is 1. The van der Waals surface area contributed by atoms with Gasteiger partial charge < -0.3 is 0 Å². The van der Waals surface area contributed by atoms with E-state index in [0.717, 1.165) is 60.7 Å². The minimum absolute atomic E-state index is 0.208. The Balaban J connectivity index is 1.41. The predicted molar refractivity (Wildman–Crippen MR) is 181 cm³/mol. The Labute approximate surface area is 256 Å². The molecule has 0 aliphatic heterocycles. The Hall–Kier alpha value is -4.67. The molecule has 4 heteroatoms. The van der Waals surface area contributed by atoms with Crippen LogP contribution in [-0.4, -0.2) is 15.0 Å². The molecule has 8 rings (SSSR count). The summed E-state index contributed by atoms with van der Waals surface area (Å²) in [5.41, 5.74) is 6.96. The monoisotopic (exact) mass is 573 g/mol. The smallest absolute Gasteiger partial charge is 0.164 e. The third kappa shape index (κ3) is 4.92. The van der Waals surface area contributed by atoms with Gasteiger partial charge in [0.25, 0.3) is 0 Å². The molecular weight excluding hydrogens is 543 g/mol. The van der Waals surface area contributed by atoms with E-state index in [0.29, 0.717) is 0 Å². The zero-order valence-corrected chi connectivity index (χ0v) is 24.7. The van der Waals surface area contributed by atoms with E-state index in [1.807, 2.05) is 11.3 Å². The fourth-order valence-corrected chi connectivity index (χ4v) is 7.58. The zero-order valence-electron chi connectivity index (χ0n) is 23.9. The molecule has 0 N–H and O–H groups in total. The summed E-state index contributed by atoms with van der Waals surface area (Å²) in [7, 11) is 0. The molecule has 0 fully saturated rings. The topological polar surface area (TPSA) is 38.7 Å². The number of rotatable bonds is 5. The van der Waals surface area contributed by atoms with Gasteiger partial charge in [-0.05, 0) is 72.6 Å². The fourth-order valence-electron chi connectivity index (χ4n) is 6.40. The Kier molecular flexibility index (Phi) is 6.77. The minimum atomic E-state index is 0.208. The first-order valence-corrected chi connectivity index (χ1v) is 16.0. The van der Waals surface area contributed by atoms with Crippen molar-refractivity contribution in [3.8, 4) is 33.6 Å². The fraction of sp³-hybridized carbons (Fsp3) is 0.154. The second kappa shape index (κ2) is 11.2. The van der Waals surface area contributed by atoms with Gasteiger partial charge in [-0.25, -0.2) is 15.0 Å². The number of benzene rings is 4. The van der Waals surface area contributed by atoms with Gasteiger partial charge in [0.15, 0.2) is 11.6 Å². The van der Waals surface area contributed by atoms with Gasteiger partial charge in [-0.2, -0.15) is 0 Å². The van der Waals surface area contributed by atoms with Crippen molar-refractivity contribution in [3.05, 3.63) is 133 Å². The van der Waals surface area contributed by atoms with Crippen molar-refractivity contribution in [2.45, 2.75) is 38.0 Å². The second-order valence-electron chi connectivity index (χ2n) is 11.4. The van der Waals surface area contributed by atoms with Crippen molar-refractivity contribution in [2.24, 2.45) is 0 Å². The molecule has 2 aliphatic carbocycles. The Bertz CT molecular complexity index is 2070. The second-order valence-corrected chi connectivity index (χ2v) is 12.4. The lowest BCUT2D eigenvalue weighted by Crippen LogP contribution is -2.10. The van der Waals surface area contributed by atoms with Crippen molar-refractivity contribution in [1.29, 1.82) is 0 Å². The lowest BCUT2D eigenvalue weighted by molar-refractivity contribution is 0.621. The summed E-state index contributed by atoms with van der Waals surface area (Å²) in [4.78, 5) is 15.5. The number of hydrogen-bond acceptors (Lipinski definition) is 4. The summed E-state index contributed by atoms with van der Waals surface area (Å²) >= 11 is 1.84. The van der Waals surface area contributed by atoms with Gasteiger partial charge in [-0.3, -0.25) is 0 Å². The molecule has 6 aromatic rings. The first-order chi connectivity index (χ1) is 21.3. The van der Waals surface area contributed by atoms with E-state index in [1.165, 1.54) is 42.4 Å². The SMILES string of the molecule is C1=CC(c2nc(-c3cc(-c4ccccc4-c4ccccc4)cc4sc5ccccc5c34)nc(C3C=CCCC3)n2)=CCC1. The average Bonchev–Trinajstić information content (AvgIpc) is 3.47. The molecule has 2 aromatic heterocycles. The van der Waals surface area contributed by atoms with Gasteiger partial charge in [0.2, 0.25) is 0 Å². The molecule has 4 aromatic carbocycles. The molecule has 3 nitrogen and oxygen atoms in total. The number of fused-ring (bicyclic) bond motifs is 3. The quantitative estimate of drug-likeness (QED) is 0.193. The van der Waals surface area contributed by atoms with Crippen LogP contribution >= 0.6 is 11.3 Å². The van der Waals surface area contributed by atoms with Crippen molar-refractivity contribution < 1.29 is 0 Å². The Morgan fingerprint density at radius 2 is 1.42 bits per heavy atom. The van der Waals surface area contributed by atoms with Gasteiger partial charge in [0.1, 0.15) is 5.82 Å². The maximum Gasteiger partial charge on any atom is 0.164 e. The molecule has 2 heterocycles. The third-order valence-electron chi connectivity index (χ3n) is 8.53. The van der Waals surface area contributed by atoms with Crippen molar-refractivity contribution in [3.63, 3.8) is 0 Å². The van der Waals surface area contributed by atoms with E-state index < -0.39 is 0 Å². The molecule has 0 amide bonds. The van der Waals surface area contributed by atoms with Crippen LogP contribution in [0.4, 0.5) is 0 Å². The third-order valence-corrected chi connectivity index (χ3v) is 9.65. The number of aromatic nitrogens is 3. The maximum atomic E-state index is 5.25. The summed E-state index contributed by atoms with van der Waals surface area (Å²) in [5.74, 6) is 2.61. The van der Waals surface area contributed by atoms with Crippen LogP contribution < -0.4 is 0 Å². The van der Waals surface area contributed by atoms with Crippen molar-refractivity contribution in [2.75, 3.05) is 0 Å². The lowest BCUT2D eigenvalue weighted by Gasteiger charge is -2.18. The molecular formula is C39H31N3S. The van der Waals surface area contributed by atoms with E-state index in [-0.39, 0.29) is 5.92 Å². The van der Waals surface area contributed by atoms with Crippen LogP contribution in [0.15, 0.2) is 121 Å². The highest BCUT2D eigenvalue weighted by Crippen LogP contribution is 2.44. The summed E-state index contributed by atoms with van der Waals surface area (Å²) in [6, 6.07) is 32.7. The highest BCUT2D eigenvalue weighted by molar-refractivity contribution is 7.26. The number of nitrogens with zero attached hydrogens (tertiary/aromatic N) is 3. The molecule has 1 unspecified atom stereocenters. The van der Waals surface area contributed by atoms with Crippen LogP contribution in [-0.2, 0) is 0 Å². The maximum absolute atomic E-state index is 5.25. The van der Waals surface area contributed by atoms with Crippen LogP contribution in [0, 0.1) is 0 Å². The van der Waals surface area contributed by atoms with Gasteiger partial charge >= 0.3 is 0 Å². The summed E-state index contributed by atoms with van der Waals surface area (Å²) in [5, 5.41) is 2.47. The Morgan fingerprint density at radius 3 is 2.23 bits per heavy atom. The van der Waals surface area contributed by atoms with E-state index in [2.05, 4.69) is 121 Å². The molecule has 2 aliphatic rings. The van der Waals surface area contributed by atoms with E-state index >= 15 is 0 Å². The van der Waals surface area contributed by atoms with Gasteiger partial charge in [-0.15, -0.1) is 11.3 Å². The molecule has 0 spiro atoms. The van der Waals surface area contributed by atoms with Crippen LogP contribution in [0.2, 0.25) is 0 Å². The van der Waals surface area contributed by atoms with Crippen LogP contribution in [0.5, 0.6) is 0 Å². The Morgan fingerprint density at radius 1 is 0.628 bits per heavy atom. The van der Waals surface area contributed by atoms with E-state index in [1.54, 1.807) is 0 Å². The van der Waals surface area contributed by atoms with E-state index in [9.17, 15) is 0 Å². The normalized spacial score (nSPS) is 16.6. The van der Waals surface area contributed by atoms with Gasteiger partial charge in [-0.1, -0.05) is 103 Å². The summed E-state index contributed by atoms with van der Waals surface area (Å²) in [6.45, 7) is 0. The summed E-state index contributed by atoms with van der Waals surface area (Å²) < 4.78 is 2.52. The molecule has 0 saturated heterocycles. The molecule has 0 radical (unpaired) electrons. The highest BCUT2D eigenvalue weighted by atomic mass is 32.1. The molecule has 0 bridgehead atoms. The molecule has 0 saturated carbocycles. The predicted octanol–water partition coefficient (Wildman–Crippen LogP) is 10.8. The summed E-state index contributed by atoms with van der Waals surface area (Å²) in [6.07, 6.45) is 16.7. The lowest BCUT2D eigenvalue weighted by atomic mass is 9.92. The molecule has 208 valence electrons. The zero-order chi connectivity index (χ0) is 28.6. The van der Waals surface area contributed by atoms with Crippen LogP contribution in [0.1, 0.15) is 49.7 Å². The van der Waals surface area contributed by atoms with Crippen LogP contribution in [0.25, 0.3) is 59.4 Å². The van der Waals surface area contributed by atoms with Gasteiger partial charge in [0, 0.05) is 37.2 Å². The largest absolute Gasteiger partial charge is 0.212 e. The first kappa shape index (κ1) is 26.0. The minimum Gasteiger partial charge on any atom is -0.212 e. The van der Waals surface area contributed by atoms with Crippen molar-refractivity contribution in [1.82, 2.24) is 15.0 Å². The number of allylic oxidation sites excluding steroid dienone is 6. The molecule has 1 atom stereocenters. The molecule has 43 heavy (non-hydrogen) atoms. The average molecular weight is 574 g/mol. The van der Waals surface area contributed by atoms with Crippen molar-refractivity contribution >= 4 is 37.1 Å². The van der Waals surface area contributed by atoms with Gasteiger partial charge in [0.05, 0.1) is 0 Å².